The fourth-order valence-electron chi connectivity index (χ4n) is 4.85. The van der Waals surface area contributed by atoms with Crippen LogP contribution in [0.25, 0.3) is 11.1 Å². The number of nitrogens with zero attached hydrogens (tertiary/aromatic N) is 1. The van der Waals surface area contributed by atoms with E-state index in [0.717, 1.165) is 38.8 Å². The van der Waals surface area contributed by atoms with Gasteiger partial charge >= 0.3 is 0 Å². The third-order valence-corrected chi connectivity index (χ3v) is 7.49. The lowest BCUT2D eigenvalue weighted by molar-refractivity contribution is 0.0717. The summed E-state index contributed by atoms with van der Waals surface area (Å²) in [6.45, 7) is 0. The molecule has 1 fully saturated rings. The largest absolute Gasteiger partial charge is 0.366 e. The maximum Gasteiger partial charge on any atom is 0.0838 e. The van der Waals surface area contributed by atoms with Crippen molar-refractivity contribution in [3.8, 4) is 11.1 Å². The van der Waals surface area contributed by atoms with E-state index in [1.54, 1.807) is 0 Å². The molecule has 0 saturated carbocycles. The van der Waals surface area contributed by atoms with Crippen LogP contribution in [0.1, 0.15) is 36.2 Å². The summed E-state index contributed by atoms with van der Waals surface area (Å²) in [6.07, 6.45) is 2.92. The number of benzene rings is 4. The van der Waals surface area contributed by atoms with E-state index in [1.807, 2.05) is 0 Å². The number of fused-ring (bicyclic) bond motifs is 5. The summed E-state index contributed by atoms with van der Waals surface area (Å²) in [7, 11) is 0. The molecule has 0 aromatic heterocycles. The van der Waals surface area contributed by atoms with Gasteiger partial charge in [-0.05, 0) is 102 Å². The van der Waals surface area contributed by atoms with Crippen molar-refractivity contribution in [1.29, 1.82) is 0 Å². The normalized spacial score (nSPS) is 18.6. The number of ether oxygens (including phenoxy) is 1. The molecule has 158 valence electrons. The van der Waals surface area contributed by atoms with Gasteiger partial charge in [-0.1, -0.05) is 56.1 Å². The average molecular weight is 547 g/mol. The first kappa shape index (κ1) is 20.2. The van der Waals surface area contributed by atoms with Crippen LogP contribution in [0.5, 0.6) is 0 Å². The van der Waals surface area contributed by atoms with E-state index in [0.29, 0.717) is 12.2 Å². The average Bonchev–Trinajstić information content (AvgIpc) is 3.45. The van der Waals surface area contributed by atoms with Crippen LogP contribution in [-0.2, 0) is 4.74 Å². The van der Waals surface area contributed by atoms with Crippen LogP contribution in [0.15, 0.2) is 99.9 Å². The monoisotopic (exact) mass is 545 g/mol. The molecule has 4 aromatic carbocycles. The standard InChI is InChI=1S/C28H21Br2NO/c29-20-4-10-23(11-5-20)31(24-12-6-21(30)7-13-24)22-8-1-18(2-9-22)19-3-14-25-26(17-19)28-16-15-27(25)32-28/h1-14,17,27-28H,15-16H2. The first-order valence-electron chi connectivity index (χ1n) is 10.9. The van der Waals surface area contributed by atoms with Gasteiger partial charge in [0.05, 0.1) is 12.2 Å². The molecule has 2 nitrogen and oxygen atoms in total. The third kappa shape index (κ3) is 3.61. The molecular formula is C28H21Br2NO. The summed E-state index contributed by atoms with van der Waals surface area (Å²) >= 11 is 7.10. The third-order valence-electron chi connectivity index (χ3n) is 6.43. The minimum atomic E-state index is 0.291. The zero-order valence-corrected chi connectivity index (χ0v) is 20.5. The molecule has 2 heterocycles. The van der Waals surface area contributed by atoms with E-state index < -0.39 is 0 Å². The van der Waals surface area contributed by atoms with Gasteiger partial charge in [-0.25, -0.2) is 0 Å². The lowest BCUT2D eigenvalue weighted by atomic mass is 9.89. The summed E-state index contributed by atoms with van der Waals surface area (Å²) in [4.78, 5) is 2.28. The van der Waals surface area contributed by atoms with Crippen LogP contribution in [-0.4, -0.2) is 0 Å². The van der Waals surface area contributed by atoms with Crippen LogP contribution in [0, 0.1) is 0 Å². The first-order chi connectivity index (χ1) is 15.7. The Morgan fingerprint density at radius 2 is 1.03 bits per heavy atom. The SMILES string of the molecule is Brc1ccc(N(c2ccc(Br)cc2)c2ccc(-c3ccc4c(c3)C3CCC4O3)cc2)cc1. The fraction of sp³-hybridized carbons (Fsp3) is 0.143. The Bertz CT molecular complexity index is 1220. The minimum absolute atomic E-state index is 0.291. The molecule has 0 amide bonds. The summed E-state index contributed by atoms with van der Waals surface area (Å²) in [6, 6.07) is 32.5. The molecule has 2 atom stereocenters. The van der Waals surface area contributed by atoms with E-state index in [2.05, 4.69) is 128 Å². The molecule has 32 heavy (non-hydrogen) atoms. The summed E-state index contributed by atoms with van der Waals surface area (Å²) < 4.78 is 8.23. The molecule has 0 aliphatic carbocycles. The van der Waals surface area contributed by atoms with Crippen molar-refractivity contribution in [1.82, 2.24) is 0 Å². The molecule has 4 aromatic rings. The van der Waals surface area contributed by atoms with Crippen molar-refractivity contribution < 1.29 is 4.74 Å². The number of hydrogen-bond donors (Lipinski definition) is 0. The Morgan fingerprint density at radius 1 is 0.562 bits per heavy atom. The topological polar surface area (TPSA) is 12.5 Å². The Hall–Kier alpha value is -2.40. The molecule has 1 saturated heterocycles. The molecule has 4 heteroatoms. The Balaban J connectivity index is 1.36. The summed E-state index contributed by atoms with van der Waals surface area (Å²) in [5, 5.41) is 0. The van der Waals surface area contributed by atoms with Gasteiger partial charge in [0.25, 0.3) is 0 Å². The van der Waals surface area contributed by atoms with Crippen molar-refractivity contribution in [2.24, 2.45) is 0 Å². The maximum atomic E-state index is 6.09. The van der Waals surface area contributed by atoms with Gasteiger partial charge in [0.1, 0.15) is 0 Å². The van der Waals surface area contributed by atoms with Gasteiger partial charge < -0.3 is 9.64 Å². The molecule has 2 aliphatic heterocycles. The van der Waals surface area contributed by atoms with Gasteiger partial charge in [0.2, 0.25) is 0 Å². The molecule has 6 rings (SSSR count). The van der Waals surface area contributed by atoms with Crippen LogP contribution >= 0.6 is 31.9 Å². The Kier molecular flexibility index (Phi) is 5.17. The van der Waals surface area contributed by atoms with Crippen LogP contribution in [0.4, 0.5) is 17.1 Å². The number of anilines is 3. The highest BCUT2D eigenvalue weighted by Crippen LogP contribution is 2.51. The van der Waals surface area contributed by atoms with E-state index in [1.165, 1.54) is 22.3 Å². The predicted octanol–water partition coefficient (Wildman–Crippen LogP) is 9.25. The molecular weight excluding hydrogens is 526 g/mol. The summed E-state index contributed by atoms with van der Waals surface area (Å²) in [5.74, 6) is 0. The number of halogens is 2. The molecule has 0 spiro atoms. The highest BCUT2D eigenvalue weighted by molar-refractivity contribution is 9.10. The van der Waals surface area contributed by atoms with Crippen molar-refractivity contribution in [3.63, 3.8) is 0 Å². The molecule has 2 bridgehead atoms. The first-order valence-corrected chi connectivity index (χ1v) is 12.5. The van der Waals surface area contributed by atoms with Crippen molar-refractivity contribution in [3.05, 3.63) is 111 Å². The Labute approximate surface area is 205 Å². The van der Waals surface area contributed by atoms with Crippen LogP contribution < -0.4 is 4.90 Å². The van der Waals surface area contributed by atoms with E-state index in [-0.39, 0.29) is 0 Å². The van der Waals surface area contributed by atoms with Crippen LogP contribution in [0.3, 0.4) is 0 Å². The molecule has 0 radical (unpaired) electrons. The smallest absolute Gasteiger partial charge is 0.0838 e. The van der Waals surface area contributed by atoms with Gasteiger partial charge in [0, 0.05) is 26.0 Å². The highest BCUT2D eigenvalue weighted by Gasteiger charge is 2.37. The molecule has 0 N–H and O–H groups in total. The quantitative estimate of drug-likeness (QED) is 0.253. The van der Waals surface area contributed by atoms with Gasteiger partial charge in [-0.3, -0.25) is 0 Å². The van der Waals surface area contributed by atoms with Crippen molar-refractivity contribution >= 4 is 48.9 Å². The highest BCUT2D eigenvalue weighted by atomic mass is 79.9. The van der Waals surface area contributed by atoms with Gasteiger partial charge in [-0.2, -0.15) is 0 Å². The fourth-order valence-corrected chi connectivity index (χ4v) is 5.38. The van der Waals surface area contributed by atoms with Gasteiger partial charge in [-0.15, -0.1) is 0 Å². The van der Waals surface area contributed by atoms with Crippen LogP contribution in [0.2, 0.25) is 0 Å². The number of rotatable bonds is 4. The zero-order chi connectivity index (χ0) is 21.7. The van der Waals surface area contributed by atoms with E-state index >= 15 is 0 Å². The second-order valence-corrected chi connectivity index (χ2v) is 10.2. The van der Waals surface area contributed by atoms with E-state index in [9.17, 15) is 0 Å². The molecule has 2 aliphatic rings. The van der Waals surface area contributed by atoms with E-state index in [4.69, 9.17) is 4.74 Å². The lowest BCUT2D eigenvalue weighted by Gasteiger charge is -2.26. The molecule has 2 unspecified atom stereocenters. The second kappa shape index (κ2) is 8.18. The number of hydrogen-bond acceptors (Lipinski definition) is 2. The lowest BCUT2D eigenvalue weighted by Crippen LogP contribution is -2.09. The van der Waals surface area contributed by atoms with Crippen molar-refractivity contribution in [2.45, 2.75) is 25.0 Å². The predicted molar refractivity (Wildman–Crippen MR) is 138 cm³/mol. The maximum absolute atomic E-state index is 6.09. The summed E-state index contributed by atoms with van der Waals surface area (Å²) in [5.41, 5.74) is 8.62. The minimum Gasteiger partial charge on any atom is -0.366 e. The van der Waals surface area contributed by atoms with Crippen molar-refractivity contribution in [2.75, 3.05) is 4.90 Å². The second-order valence-electron chi connectivity index (χ2n) is 8.37. The Morgan fingerprint density at radius 3 is 1.59 bits per heavy atom. The van der Waals surface area contributed by atoms with Gasteiger partial charge in [0.15, 0.2) is 0 Å². The zero-order valence-electron chi connectivity index (χ0n) is 17.3.